The van der Waals surface area contributed by atoms with E-state index >= 15 is 0 Å². The van der Waals surface area contributed by atoms with Gasteiger partial charge in [0.2, 0.25) is 0 Å². The SMILES string of the molecule is COc1ccccc1NC(=O)NCc1ccc2c(c1)OCCO2. The minimum absolute atomic E-state index is 0.301. The van der Waals surface area contributed by atoms with E-state index in [1.54, 1.807) is 19.2 Å². The van der Waals surface area contributed by atoms with Crippen LogP contribution >= 0.6 is 0 Å². The fourth-order valence-electron chi connectivity index (χ4n) is 2.29. The van der Waals surface area contributed by atoms with Gasteiger partial charge in [-0.05, 0) is 29.8 Å². The van der Waals surface area contributed by atoms with Crippen LogP contribution < -0.4 is 24.8 Å². The summed E-state index contributed by atoms with van der Waals surface area (Å²) >= 11 is 0. The molecule has 0 fully saturated rings. The second-order valence-electron chi connectivity index (χ2n) is 4.99. The highest BCUT2D eigenvalue weighted by molar-refractivity contribution is 5.90. The van der Waals surface area contributed by atoms with Gasteiger partial charge in [-0.15, -0.1) is 0 Å². The van der Waals surface area contributed by atoms with Crippen LogP contribution in [0.3, 0.4) is 0 Å². The summed E-state index contributed by atoms with van der Waals surface area (Å²) in [4.78, 5) is 12.0. The highest BCUT2D eigenvalue weighted by Crippen LogP contribution is 2.30. The Kier molecular flexibility index (Phi) is 4.52. The summed E-state index contributed by atoms with van der Waals surface area (Å²) in [7, 11) is 1.56. The first-order chi connectivity index (χ1) is 11.3. The highest BCUT2D eigenvalue weighted by Gasteiger charge is 2.12. The molecule has 2 aromatic carbocycles. The van der Waals surface area contributed by atoms with Crippen molar-refractivity contribution in [2.45, 2.75) is 6.54 Å². The molecule has 0 saturated carbocycles. The van der Waals surface area contributed by atoms with Crippen molar-refractivity contribution in [2.75, 3.05) is 25.6 Å². The van der Waals surface area contributed by atoms with E-state index < -0.39 is 0 Å². The number of hydrogen-bond donors (Lipinski definition) is 2. The largest absolute Gasteiger partial charge is 0.495 e. The van der Waals surface area contributed by atoms with Crippen molar-refractivity contribution in [3.05, 3.63) is 48.0 Å². The van der Waals surface area contributed by atoms with Gasteiger partial charge in [-0.3, -0.25) is 0 Å². The second-order valence-corrected chi connectivity index (χ2v) is 4.99. The monoisotopic (exact) mass is 314 g/mol. The number of ether oxygens (including phenoxy) is 3. The van der Waals surface area contributed by atoms with Gasteiger partial charge < -0.3 is 24.8 Å². The third-order valence-electron chi connectivity index (χ3n) is 3.41. The van der Waals surface area contributed by atoms with Crippen LogP contribution in [0.2, 0.25) is 0 Å². The Labute approximate surface area is 134 Å². The molecule has 6 nitrogen and oxygen atoms in total. The van der Waals surface area contributed by atoms with Crippen molar-refractivity contribution in [2.24, 2.45) is 0 Å². The van der Waals surface area contributed by atoms with E-state index in [0.29, 0.717) is 36.9 Å². The predicted molar refractivity (Wildman–Crippen MR) is 86.3 cm³/mol. The van der Waals surface area contributed by atoms with Gasteiger partial charge in [-0.25, -0.2) is 4.79 Å². The molecule has 0 aliphatic carbocycles. The maximum Gasteiger partial charge on any atom is 0.319 e. The van der Waals surface area contributed by atoms with Gasteiger partial charge in [0, 0.05) is 6.54 Å². The number of benzene rings is 2. The first-order valence-electron chi connectivity index (χ1n) is 7.32. The summed E-state index contributed by atoms with van der Waals surface area (Å²) in [5.41, 5.74) is 1.55. The Hall–Kier alpha value is -2.89. The third-order valence-corrected chi connectivity index (χ3v) is 3.41. The molecule has 1 heterocycles. The van der Waals surface area contributed by atoms with Crippen LogP contribution in [0.4, 0.5) is 10.5 Å². The van der Waals surface area contributed by atoms with E-state index in [1.807, 2.05) is 30.3 Å². The minimum Gasteiger partial charge on any atom is -0.495 e. The summed E-state index contributed by atoms with van der Waals surface area (Å²) in [5, 5.41) is 5.57. The standard InChI is InChI=1S/C17H18N2O4/c1-21-14-5-3-2-4-13(14)19-17(20)18-11-12-6-7-15-16(10-12)23-9-8-22-15/h2-7,10H,8-9,11H2,1H3,(H2,18,19,20). The molecule has 2 aromatic rings. The molecule has 0 atom stereocenters. The summed E-state index contributed by atoms with van der Waals surface area (Å²) in [6, 6.07) is 12.6. The highest BCUT2D eigenvalue weighted by atomic mass is 16.6. The first kappa shape index (κ1) is 15.0. The zero-order chi connectivity index (χ0) is 16.1. The average Bonchev–Trinajstić information content (AvgIpc) is 2.60. The molecule has 2 N–H and O–H groups in total. The number of nitrogens with one attached hydrogen (secondary N) is 2. The molecule has 0 aromatic heterocycles. The number of anilines is 1. The smallest absolute Gasteiger partial charge is 0.319 e. The fourth-order valence-corrected chi connectivity index (χ4v) is 2.29. The average molecular weight is 314 g/mol. The van der Waals surface area contributed by atoms with Gasteiger partial charge in [0.25, 0.3) is 0 Å². The normalized spacial score (nSPS) is 12.4. The molecule has 3 rings (SSSR count). The molecular weight excluding hydrogens is 296 g/mol. The molecule has 0 spiro atoms. The van der Waals surface area contributed by atoms with Gasteiger partial charge in [0.15, 0.2) is 11.5 Å². The lowest BCUT2D eigenvalue weighted by Crippen LogP contribution is -2.28. The Morgan fingerprint density at radius 2 is 1.91 bits per heavy atom. The van der Waals surface area contributed by atoms with Gasteiger partial charge >= 0.3 is 6.03 Å². The van der Waals surface area contributed by atoms with Gasteiger partial charge in [-0.2, -0.15) is 0 Å². The van der Waals surface area contributed by atoms with Crippen LogP contribution in [-0.4, -0.2) is 26.4 Å². The number of urea groups is 1. The maximum absolute atomic E-state index is 12.0. The van der Waals surface area contributed by atoms with Gasteiger partial charge in [0.05, 0.1) is 12.8 Å². The molecule has 0 radical (unpaired) electrons. The molecule has 6 heteroatoms. The van der Waals surface area contributed by atoms with E-state index in [2.05, 4.69) is 10.6 Å². The van der Waals surface area contributed by atoms with Crippen molar-refractivity contribution in [3.63, 3.8) is 0 Å². The van der Waals surface area contributed by atoms with E-state index in [9.17, 15) is 4.79 Å². The number of fused-ring (bicyclic) bond motifs is 1. The topological polar surface area (TPSA) is 68.8 Å². The van der Waals surface area contributed by atoms with E-state index in [-0.39, 0.29) is 6.03 Å². The molecule has 1 aliphatic rings. The quantitative estimate of drug-likeness (QED) is 0.910. The van der Waals surface area contributed by atoms with Crippen molar-refractivity contribution in [1.82, 2.24) is 5.32 Å². The van der Waals surface area contributed by atoms with Crippen LogP contribution in [0.5, 0.6) is 17.2 Å². The van der Waals surface area contributed by atoms with E-state index in [0.717, 1.165) is 11.3 Å². The molecule has 23 heavy (non-hydrogen) atoms. The lowest BCUT2D eigenvalue weighted by atomic mass is 10.2. The lowest BCUT2D eigenvalue weighted by molar-refractivity contribution is 0.171. The Morgan fingerprint density at radius 1 is 1.13 bits per heavy atom. The number of rotatable bonds is 4. The molecule has 120 valence electrons. The molecule has 0 bridgehead atoms. The summed E-state index contributed by atoms with van der Waals surface area (Å²) in [6.07, 6.45) is 0. The summed E-state index contributed by atoms with van der Waals surface area (Å²) in [5.74, 6) is 2.06. The first-order valence-corrected chi connectivity index (χ1v) is 7.32. The van der Waals surface area contributed by atoms with Crippen molar-refractivity contribution < 1.29 is 19.0 Å². The predicted octanol–water partition coefficient (Wildman–Crippen LogP) is 2.79. The molecular formula is C17H18N2O4. The van der Waals surface area contributed by atoms with Crippen molar-refractivity contribution in [1.29, 1.82) is 0 Å². The number of hydrogen-bond acceptors (Lipinski definition) is 4. The van der Waals surface area contributed by atoms with Crippen molar-refractivity contribution >= 4 is 11.7 Å². The Morgan fingerprint density at radius 3 is 2.74 bits per heavy atom. The number of para-hydroxylation sites is 2. The van der Waals surface area contributed by atoms with Crippen molar-refractivity contribution in [3.8, 4) is 17.2 Å². The van der Waals surface area contributed by atoms with Crippen LogP contribution in [-0.2, 0) is 6.54 Å². The van der Waals surface area contributed by atoms with Gasteiger partial charge in [0.1, 0.15) is 19.0 Å². The van der Waals surface area contributed by atoms with Crippen LogP contribution in [0.1, 0.15) is 5.56 Å². The number of carbonyl (C=O) groups is 1. The Bertz CT molecular complexity index is 703. The summed E-state index contributed by atoms with van der Waals surface area (Å²) < 4.78 is 16.2. The van der Waals surface area contributed by atoms with Crippen LogP contribution in [0.15, 0.2) is 42.5 Å². The second kappa shape index (κ2) is 6.91. The molecule has 2 amide bonds. The zero-order valence-electron chi connectivity index (χ0n) is 12.8. The maximum atomic E-state index is 12.0. The zero-order valence-corrected chi connectivity index (χ0v) is 12.8. The van der Waals surface area contributed by atoms with Crippen LogP contribution in [0, 0.1) is 0 Å². The molecule has 0 saturated heterocycles. The lowest BCUT2D eigenvalue weighted by Gasteiger charge is -2.19. The third kappa shape index (κ3) is 3.66. The van der Waals surface area contributed by atoms with Gasteiger partial charge in [-0.1, -0.05) is 18.2 Å². The fraction of sp³-hybridized carbons (Fsp3) is 0.235. The number of carbonyl (C=O) groups excluding carboxylic acids is 1. The summed E-state index contributed by atoms with van der Waals surface area (Å²) in [6.45, 7) is 1.49. The Balaban J connectivity index is 1.58. The van der Waals surface area contributed by atoms with E-state index in [4.69, 9.17) is 14.2 Å². The molecule has 1 aliphatic heterocycles. The number of amides is 2. The molecule has 0 unspecified atom stereocenters. The van der Waals surface area contributed by atoms with Crippen LogP contribution in [0.25, 0.3) is 0 Å². The number of methoxy groups -OCH3 is 1. The minimum atomic E-state index is -0.301. The van der Waals surface area contributed by atoms with E-state index in [1.165, 1.54) is 0 Å².